The summed E-state index contributed by atoms with van der Waals surface area (Å²) in [6.07, 6.45) is 3.50. The Morgan fingerprint density at radius 2 is 1.88 bits per heavy atom. The van der Waals surface area contributed by atoms with Crippen LogP contribution < -0.4 is 5.32 Å². The number of pyridine rings is 1. The van der Waals surface area contributed by atoms with Crippen molar-refractivity contribution in [3.8, 4) is 0 Å². The standard InChI is InChI=1S/C21H20BrN3O/c22-18-4-1-3-17-19(10-11-23-21(17)18)24-13-15-6-8-16(9-7-15)14-25-12-2-5-20(25)26/h1,3-4,6-11H,2,5,12-14H2,(H,23,24). The van der Waals surface area contributed by atoms with Crippen LogP contribution in [-0.2, 0) is 17.9 Å². The highest BCUT2D eigenvalue weighted by atomic mass is 79.9. The summed E-state index contributed by atoms with van der Waals surface area (Å²) in [5.74, 6) is 0.270. The fourth-order valence-corrected chi connectivity index (χ4v) is 3.81. The maximum atomic E-state index is 11.7. The van der Waals surface area contributed by atoms with E-state index in [9.17, 15) is 4.79 Å². The van der Waals surface area contributed by atoms with Gasteiger partial charge in [-0.25, -0.2) is 0 Å². The minimum atomic E-state index is 0.270. The molecule has 1 N–H and O–H groups in total. The molecule has 5 heteroatoms. The third-order valence-corrected chi connectivity index (χ3v) is 5.41. The Bertz CT molecular complexity index is 940. The Morgan fingerprint density at radius 1 is 1.08 bits per heavy atom. The highest BCUT2D eigenvalue weighted by Crippen LogP contribution is 2.27. The maximum absolute atomic E-state index is 11.7. The van der Waals surface area contributed by atoms with Gasteiger partial charge in [-0.1, -0.05) is 36.4 Å². The number of aromatic nitrogens is 1. The van der Waals surface area contributed by atoms with Gasteiger partial charge in [-0.05, 0) is 45.6 Å². The number of benzene rings is 2. The van der Waals surface area contributed by atoms with E-state index < -0.39 is 0 Å². The molecule has 1 aliphatic rings. The highest BCUT2D eigenvalue weighted by Gasteiger charge is 2.19. The number of hydrogen-bond donors (Lipinski definition) is 1. The molecule has 2 aromatic carbocycles. The molecule has 1 fully saturated rings. The van der Waals surface area contributed by atoms with Gasteiger partial charge in [-0.15, -0.1) is 0 Å². The predicted molar refractivity (Wildman–Crippen MR) is 108 cm³/mol. The van der Waals surface area contributed by atoms with E-state index in [1.807, 2.05) is 29.3 Å². The molecule has 0 aliphatic carbocycles. The predicted octanol–water partition coefficient (Wildman–Crippen LogP) is 4.73. The normalized spacial score (nSPS) is 14.2. The summed E-state index contributed by atoms with van der Waals surface area (Å²) < 4.78 is 1.000. The first-order valence-corrected chi connectivity index (χ1v) is 9.63. The number of halogens is 1. The van der Waals surface area contributed by atoms with E-state index in [1.165, 1.54) is 11.1 Å². The molecule has 0 radical (unpaired) electrons. The maximum Gasteiger partial charge on any atom is 0.222 e. The number of nitrogens with zero attached hydrogens (tertiary/aromatic N) is 2. The van der Waals surface area contributed by atoms with E-state index in [-0.39, 0.29) is 5.91 Å². The van der Waals surface area contributed by atoms with Crippen molar-refractivity contribution >= 4 is 38.4 Å². The first-order chi connectivity index (χ1) is 12.7. The summed E-state index contributed by atoms with van der Waals surface area (Å²) >= 11 is 3.56. The van der Waals surface area contributed by atoms with Crippen molar-refractivity contribution in [1.82, 2.24) is 9.88 Å². The van der Waals surface area contributed by atoms with Crippen LogP contribution in [0.3, 0.4) is 0 Å². The zero-order valence-corrected chi connectivity index (χ0v) is 16.0. The lowest BCUT2D eigenvalue weighted by Crippen LogP contribution is -2.23. The molecule has 4 nitrogen and oxygen atoms in total. The first-order valence-electron chi connectivity index (χ1n) is 8.83. The lowest BCUT2D eigenvalue weighted by atomic mass is 10.1. The average molecular weight is 410 g/mol. The highest BCUT2D eigenvalue weighted by molar-refractivity contribution is 9.10. The van der Waals surface area contributed by atoms with Crippen molar-refractivity contribution in [3.05, 3.63) is 70.3 Å². The number of para-hydroxylation sites is 1. The molecular weight excluding hydrogens is 390 g/mol. The second-order valence-corrected chi connectivity index (χ2v) is 7.44. The van der Waals surface area contributed by atoms with Gasteiger partial charge in [0.2, 0.25) is 5.91 Å². The summed E-state index contributed by atoms with van der Waals surface area (Å²) in [6, 6.07) is 16.6. The van der Waals surface area contributed by atoms with Crippen molar-refractivity contribution in [2.24, 2.45) is 0 Å². The molecule has 0 bridgehead atoms. The van der Waals surface area contributed by atoms with Gasteiger partial charge < -0.3 is 10.2 Å². The largest absolute Gasteiger partial charge is 0.380 e. The molecular formula is C21H20BrN3O. The minimum Gasteiger partial charge on any atom is -0.380 e. The number of amides is 1. The number of carbonyl (C=O) groups excluding carboxylic acids is 1. The van der Waals surface area contributed by atoms with Gasteiger partial charge >= 0.3 is 0 Å². The van der Waals surface area contributed by atoms with Gasteiger partial charge in [0.15, 0.2) is 0 Å². The molecule has 3 aromatic rings. The van der Waals surface area contributed by atoms with Gasteiger partial charge in [-0.3, -0.25) is 9.78 Å². The van der Waals surface area contributed by atoms with Gasteiger partial charge in [0.05, 0.1) is 5.52 Å². The summed E-state index contributed by atoms with van der Waals surface area (Å²) in [7, 11) is 0. The van der Waals surface area contributed by atoms with Crippen LogP contribution in [0.1, 0.15) is 24.0 Å². The third kappa shape index (κ3) is 3.58. The van der Waals surface area contributed by atoms with E-state index in [4.69, 9.17) is 0 Å². The monoisotopic (exact) mass is 409 g/mol. The smallest absolute Gasteiger partial charge is 0.222 e. The number of nitrogens with one attached hydrogen (secondary N) is 1. The zero-order chi connectivity index (χ0) is 17.9. The lowest BCUT2D eigenvalue weighted by molar-refractivity contribution is -0.128. The van der Waals surface area contributed by atoms with Crippen molar-refractivity contribution < 1.29 is 4.79 Å². The lowest BCUT2D eigenvalue weighted by Gasteiger charge is -2.16. The summed E-state index contributed by atoms with van der Waals surface area (Å²) in [4.78, 5) is 18.1. The summed E-state index contributed by atoms with van der Waals surface area (Å²) in [5.41, 5.74) is 4.43. The van der Waals surface area contributed by atoms with E-state index in [2.05, 4.69) is 56.6 Å². The Kier molecular flexibility index (Phi) is 4.89. The van der Waals surface area contributed by atoms with Crippen LogP contribution in [0.2, 0.25) is 0 Å². The fraction of sp³-hybridized carbons (Fsp3) is 0.238. The average Bonchev–Trinajstić information content (AvgIpc) is 3.06. The Hall–Kier alpha value is -2.40. The van der Waals surface area contributed by atoms with Crippen molar-refractivity contribution in [2.75, 3.05) is 11.9 Å². The van der Waals surface area contributed by atoms with Crippen LogP contribution in [0.15, 0.2) is 59.2 Å². The van der Waals surface area contributed by atoms with E-state index >= 15 is 0 Å². The topological polar surface area (TPSA) is 45.2 Å². The molecule has 1 aliphatic heterocycles. The number of rotatable bonds is 5. The second kappa shape index (κ2) is 7.46. The number of likely N-dealkylation sites (tertiary alicyclic amines) is 1. The molecule has 0 unspecified atom stereocenters. The molecule has 1 aromatic heterocycles. The first kappa shape index (κ1) is 17.0. The van der Waals surface area contributed by atoms with E-state index in [0.29, 0.717) is 6.42 Å². The van der Waals surface area contributed by atoms with Crippen LogP contribution in [0.5, 0.6) is 0 Å². The van der Waals surface area contributed by atoms with Crippen LogP contribution in [0.25, 0.3) is 10.9 Å². The molecule has 0 atom stereocenters. The number of fused-ring (bicyclic) bond motifs is 1. The fourth-order valence-electron chi connectivity index (χ4n) is 3.35. The molecule has 132 valence electrons. The molecule has 1 saturated heterocycles. The molecule has 0 saturated carbocycles. The molecule has 4 rings (SSSR count). The van der Waals surface area contributed by atoms with Crippen LogP contribution in [-0.4, -0.2) is 22.3 Å². The van der Waals surface area contributed by atoms with E-state index in [0.717, 1.165) is 47.1 Å². The Morgan fingerprint density at radius 3 is 2.65 bits per heavy atom. The minimum absolute atomic E-state index is 0.270. The van der Waals surface area contributed by atoms with Crippen molar-refractivity contribution in [1.29, 1.82) is 0 Å². The van der Waals surface area contributed by atoms with Gasteiger partial charge in [-0.2, -0.15) is 0 Å². The van der Waals surface area contributed by atoms with Gasteiger partial charge in [0.1, 0.15) is 0 Å². The molecule has 0 spiro atoms. The number of hydrogen-bond acceptors (Lipinski definition) is 3. The van der Waals surface area contributed by atoms with Crippen LogP contribution >= 0.6 is 15.9 Å². The quantitative estimate of drug-likeness (QED) is 0.662. The molecule has 2 heterocycles. The van der Waals surface area contributed by atoms with Gasteiger partial charge in [0, 0.05) is 47.8 Å². The van der Waals surface area contributed by atoms with Crippen molar-refractivity contribution in [3.63, 3.8) is 0 Å². The zero-order valence-electron chi connectivity index (χ0n) is 14.4. The number of anilines is 1. The van der Waals surface area contributed by atoms with Crippen molar-refractivity contribution in [2.45, 2.75) is 25.9 Å². The van der Waals surface area contributed by atoms with Gasteiger partial charge in [0.25, 0.3) is 0 Å². The van der Waals surface area contributed by atoms with Crippen LogP contribution in [0.4, 0.5) is 5.69 Å². The Labute approximate surface area is 161 Å². The summed E-state index contributed by atoms with van der Waals surface area (Å²) in [5, 5.41) is 4.61. The molecule has 26 heavy (non-hydrogen) atoms. The van der Waals surface area contributed by atoms with Crippen LogP contribution in [0, 0.1) is 0 Å². The molecule has 1 amide bonds. The Balaban J connectivity index is 1.44. The third-order valence-electron chi connectivity index (χ3n) is 4.77. The summed E-state index contributed by atoms with van der Waals surface area (Å²) in [6.45, 7) is 2.34. The van der Waals surface area contributed by atoms with E-state index in [1.54, 1.807) is 0 Å². The SMILES string of the molecule is O=C1CCCN1Cc1ccc(CNc2ccnc3c(Br)cccc23)cc1. The second-order valence-electron chi connectivity index (χ2n) is 6.58. The number of carbonyl (C=O) groups is 1.